The average Bonchev–Trinajstić information content (AvgIpc) is 2.05. The van der Waals surface area contributed by atoms with Crippen LogP contribution in [0.5, 0.6) is 0 Å². The van der Waals surface area contributed by atoms with E-state index in [1.807, 2.05) is 13.3 Å². The summed E-state index contributed by atoms with van der Waals surface area (Å²) in [7, 11) is 0. The Morgan fingerprint density at radius 1 is 1.36 bits per heavy atom. The van der Waals surface area contributed by atoms with Crippen molar-refractivity contribution in [3.8, 4) is 0 Å². The topological polar surface area (TPSA) is 43.1 Å². The summed E-state index contributed by atoms with van der Waals surface area (Å²) >= 11 is 0. The van der Waals surface area contributed by atoms with Gasteiger partial charge in [0.05, 0.1) is 29.2 Å². The fourth-order valence-corrected chi connectivity index (χ4v) is 0.788. The molecule has 0 aromatic heterocycles. The second-order valence-corrected chi connectivity index (χ2v) is 2.14. The van der Waals surface area contributed by atoms with Crippen molar-refractivity contribution in [2.75, 3.05) is 0 Å². The Balaban J connectivity index is 2.91. The molecule has 3 heteroatoms. The van der Waals surface area contributed by atoms with E-state index in [1.54, 1.807) is 12.1 Å². The van der Waals surface area contributed by atoms with Gasteiger partial charge in [0.1, 0.15) is 5.56 Å². The first-order chi connectivity index (χ1) is 5.24. The molecule has 1 rings (SSSR count). The molecule has 0 aliphatic carbocycles. The lowest BCUT2D eigenvalue weighted by Gasteiger charge is -1.86. The zero-order chi connectivity index (χ0) is 8.27. The first kappa shape index (κ1) is 7.60. The second-order valence-electron chi connectivity index (χ2n) is 2.14. The summed E-state index contributed by atoms with van der Waals surface area (Å²) in [5, 5.41) is 10.2. The summed E-state index contributed by atoms with van der Waals surface area (Å²) in [5.41, 5.74) is 1.13. The van der Waals surface area contributed by atoms with E-state index in [0.29, 0.717) is 0 Å². The van der Waals surface area contributed by atoms with Gasteiger partial charge in [0.15, 0.2) is 0 Å². The molecule has 1 aromatic carbocycles. The van der Waals surface area contributed by atoms with Crippen molar-refractivity contribution in [1.29, 1.82) is 0 Å². The smallest absolute Gasteiger partial charge is 0.258 e. The summed E-state index contributed by atoms with van der Waals surface area (Å²) in [4.78, 5) is 9.79. The molecule has 0 atom stereocenters. The number of benzene rings is 1. The molecular weight excluding hydrogens is 142 g/mol. The van der Waals surface area contributed by atoms with E-state index in [4.69, 9.17) is 0 Å². The Labute approximate surface area is 64.8 Å². The SMILES string of the molecule is C[CH+]c1ccc([N+](=O)[O-])cc1. The van der Waals surface area contributed by atoms with Crippen molar-refractivity contribution < 1.29 is 4.92 Å². The van der Waals surface area contributed by atoms with E-state index in [2.05, 4.69) is 0 Å². The molecule has 0 aliphatic rings. The van der Waals surface area contributed by atoms with Crippen molar-refractivity contribution in [1.82, 2.24) is 0 Å². The summed E-state index contributed by atoms with van der Waals surface area (Å²) in [6, 6.07) is 6.43. The van der Waals surface area contributed by atoms with Gasteiger partial charge in [0, 0.05) is 13.3 Å². The maximum absolute atomic E-state index is 10.2. The zero-order valence-electron chi connectivity index (χ0n) is 6.15. The summed E-state index contributed by atoms with van der Waals surface area (Å²) in [6.45, 7) is 1.89. The third kappa shape index (κ3) is 1.70. The van der Waals surface area contributed by atoms with Crippen LogP contribution >= 0.6 is 0 Å². The maximum Gasteiger partial charge on any atom is 0.295 e. The van der Waals surface area contributed by atoms with Gasteiger partial charge in [0.25, 0.3) is 5.69 Å². The summed E-state index contributed by atoms with van der Waals surface area (Å²) in [5.74, 6) is 0. The van der Waals surface area contributed by atoms with Crippen LogP contribution in [0.15, 0.2) is 24.3 Å². The largest absolute Gasteiger partial charge is 0.295 e. The quantitative estimate of drug-likeness (QED) is 0.368. The molecule has 0 fully saturated rings. The Morgan fingerprint density at radius 3 is 2.27 bits per heavy atom. The van der Waals surface area contributed by atoms with Crippen molar-refractivity contribution >= 4 is 5.69 Å². The zero-order valence-corrected chi connectivity index (χ0v) is 6.15. The highest BCUT2D eigenvalue weighted by molar-refractivity contribution is 5.35. The maximum atomic E-state index is 10.2. The van der Waals surface area contributed by atoms with E-state index in [1.165, 1.54) is 12.1 Å². The molecule has 0 unspecified atom stereocenters. The molecule has 0 spiro atoms. The Morgan fingerprint density at radius 2 is 1.91 bits per heavy atom. The average molecular weight is 150 g/mol. The highest BCUT2D eigenvalue weighted by Gasteiger charge is 2.07. The molecule has 0 aliphatic heterocycles. The first-order valence-corrected chi connectivity index (χ1v) is 3.28. The lowest BCUT2D eigenvalue weighted by Crippen LogP contribution is -1.87. The fraction of sp³-hybridized carbons (Fsp3) is 0.125. The molecule has 0 N–H and O–H groups in total. The predicted octanol–water partition coefficient (Wildman–Crippen LogP) is 2.17. The molecule has 0 saturated heterocycles. The molecule has 0 radical (unpaired) electrons. The number of nitro benzene ring substituents is 1. The fourth-order valence-electron chi connectivity index (χ4n) is 0.788. The van der Waals surface area contributed by atoms with Gasteiger partial charge in [-0.05, 0) is 0 Å². The van der Waals surface area contributed by atoms with Gasteiger partial charge in [-0.2, -0.15) is 0 Å². The van der Waals surface area contributed by atoms with Crippen molar-refractivity contribution in [3.05, 3.63) is 46.4 Å². The second kappa shape index (κ2) is 3.05. The van der Waals surface area contributed by atoms with Crippen LogP contribution in [-0.4, -0.2) is 4.92 Å². The van der Waals surface area contributed by atoms with Crippen molar-refractivity contribution in [2.45, 2.75) is 6.92 Å². The number of nitro groups is 1. The molecule has 11 heavy (non-hydrogen) atoms. The van der Waals surface area contributed by atoms with E-state index in [9.17, 15) is 10.1 Å². The standard InChI is InChI=1S/C8H8NO2/c1-2-7-3-5-8(6-4-7)9(10)11/h2-6H,1H3/q+1. The summed E-state index contributed by atoms with van der Waals surface area (Å²) in [6.07, 6.45) is 1.89. The van der Waals surface area contributed by atoms with Gasteiger partial charge in [-0.25, -0.2) is 0 Å². The van der Waals surface area contributed by atoms with Crippen LogP contribution in [0.1, 0.15) is 12.5 Å². The van der Waals surface area contributed by atoms with E-state index in [-0.39, 0.29) is 5.69 Å². The number of rotatable bonds is 2. The van der Waals surface area contributed by atoms with Gasteiger partial charge in [0.2, 0.25) is 0 Å². The highest BCUT2D eigenvalue weighted by atomic mass is 16.6. The molecule has 56 valence electrons. The number of hydrogen-bond donors (Lipinski definition) is 0. The Hall–Kier alpha value is -1.51. The van der Waals surface area contributed by atoms with E-state index in [0.717, 1.165) is 5.56 Å². The minimum Gasteiger partial charge on any atom is -0.258 e. The van der Waals surface area contributed by atoms with Gasteiger partial charge in [-0.3, -0.25) is 10.1 Å². The molecule has 0 heterocycles. The third-order valence-electron chi connectivity index (χ3n) is 1.44. The molecule has 3 nitrogen and oxygen atoms in total. The lowest BCUT2D eigenvalue weighted by molar-refractivity contribution is -0.384. The van der Waals surface area contributed by atoms with Crippen LogP contribution in [0.25, 0.3) is 0 Å². The molecular formula is C8H8NO2+. The predicted molar refractivity (Wildman–Crippen MR) is 42.2 cm³/mol. The highest BCUT2D eigenvalue weighted by Crippen LogP contribution is 2.12. The monoisotopic (exact) mass is 150 g/mol. The number of nitrogens with zero attached hydrogens (tertiary/aromatic N) is 1. The minimum atomic E-state index is -0.403. The third-order valence-corrected chi connectivity index (χ3v) is 1.44. The van der Waals surface area contributed by atoms with Crippen LogP contribution < -0.4 is 0 Å². The van der Waals surface area contributed by atoms with Gasteiger partial charge in [-0.15, -0.1) is 0 Å². The van der Waals surface area contributed by atoms with Gasteiger partial charge >= 0.3 is 0 Å². The normalized spacial score (nSPS) is 9.18. The van der Waals surface area contributed by atoms with Crippen LogP contribution in [-0.2, 0) is 0 Å². The van der Waals surface area contributed by atoms with Crippen LogP contribution in [0.4, 0.5) is 5.69 Å². The first-order valence-electron chi connectivity index (χ1n) is 3.28. The van der Waals surface area contributed by atoms with E-state index < -0.39 is 4.92 Å². The number of hydrogen-bond acceptors (Lipinski definition) is 2. The van der Waals surface area contributed by atoms with Crippen LogP contribution in [0.3, 0.4) is 0 Å². The van der Waals surface area contributed by atoms with Crippen LogP contribution in [0, 0.1) is 16.5 Å². The minimum absolute atomic E-state index is 0.135. The van der Waals surface area contributed by atoms with Gasteiger partial charge < -0.3 is 0 Å². The molecule has 0 saturated carbocycles. The van der Waals surface area contributed by atoms with Crippen molar-refractivity contribution in [2.24, 2.45) is 0 Å². The number of non-ortho nitro benzene ring substituents is 1. The Bertz CT molecular complexity index is 253. The van der Waals surface area contributed by atoms with E-state index >= 15 is 0 Å². The van der Waals surface area contributed by atoms with Gasteiger partial charge in [-0.1, -0.05) is 0 Å². The molecule has 0 amide bonds. The molecule has 1 aromatic rings. The lowest BCUT2D eigenvalue weighted by atomic mass is 10.2. The van der Waals surface area contributed by atoms with Crippen LogP contribution in [0.2, 0.25) is 0 Å². The molecule has 0 bridgehead atoms. The summed E-state index contributed by atoms with van der Waals surface area (Å²) < 4.78 is 0. The van der Waals surface area contributed by atoms with Crippen molar-refractivity contribution in [3.63, 3.8) is 0 Å². The Kier molecular flexibility index (Phi) is 2.11.